The van der Waals surface area contributed by atoms with E-state index in [1.165, 1.54) is 12.1 Å². The van der Waals surface area contributed by atoms with Crippen molar-refractivity contribution < 1.29 is 9.18 Å². The van der Waals surface area contributed by atoms with Crippen LogP contribution in [-0.4, -0.2) is 22.0 Å². The molecule has 1 amide bonds. The maximum Gasteiger partial charge on any atom is 0.227 e. The van der Waals surface area contributed by atoms with Crippen molar-refractivity contribution in [2.24, 2.45) is 0 Å². The molecule has 4 nitrogen and oxygen atoms in total. The van der Waals surface area contributed by atoms with Crippen molar-refractivity contribution in [3.05, 3.63) is 60.2 Å². The number of para-hydroxylation sites is 2. The molecular weight excluding hydrogens is 329 g/mol. The van der Waals surface area contributed by atoms with E-state index in [2.05, 4.69) is 17.6 Å². The number of hydrogen-bond donors (Lipinski definition) is 0. The monoisotopic (exact) mass is 351 g/mol. The fourth-order valence-corrected chi connectivity index (χ4v) is 3.71. The lowest BCUT2D eigenvalue weighted by atomic mass is 10.1. The fourth-order valence-electron chi connectivity index (χ4n) is 3.71. The molecule has 26 heavy (non-hydrogen) atoms. The van der Waals surface area contributed by atoms with Gasteiger partial charge in [0.05, 0.1) is 11.0 Å². The fraction of sp³-hybridized carbons (Fsp3) is 0.333. The molecule has 0 radical (unpaired) electrons. The third-order valence-corrected chi connectivity index (χ3v) is 5.05. The van der Waals surface area contributed by atoms with Crippen LogP contribution in [0, 0.1) is 5.82 Å². The summed E-state index contributed by atoms with van der Waals surface area (Å²) in [7, 11) is 0. The van der Waals surface area contributed by atoms with Crippen LogP contribution in [0.5, 0.6) is 0 Å². The predicted molar refractivity (Wildman–Crippen MR) is 101 cm³/mol. The standard InChI is InChI=1S/C21H22FN3O/c1-2-3-12-24-19-7-5-4-6-18(19)23-21(24)15-13-20(26)25(14-15)17-10-8-16(22)9-11-17/h4-11,15H,2-3,12-14H2,1H3/t15-/m0/s1. The van der Waals surface area contributed by atoms with Crippen LogP contribution >= 0.6 is 0 Å². The van der Waals surface area contributed by atoms with Crippen LogP contribution in [0.4, 0.5) is 10.1 Å². The Labute approximate surface area is 152 Å². The maximum absolute atomic E-state index is 13.2. The first-order valence-electron chi connectivity index (χ1n) is 9.18. The molecule has 0 saturated carbocycles. The van der Waals surface area contributed by atoms with Gasteiger partial charge in [0.1, 0.15) is 11.6 Å². The van der Waals surface area contributed by atoms with Gasteiger partial charge in [-0.25, -0.2) is 9.37 Å². The number of benzene rings is 2. The van der Waals surface area contributed by atoms with Gasteiger partial charge in [0.15, 0.2) is 0 Å². The number of rotatable bonds is 5. The molecule has 1 aromatic heterocycles. The summed E-state index contributed by atoms with van der Waals surface area (Å²) < 4.78 is 15.5. The highest BCUT2D eigenvalue weighted by molar-refractivity contribution is 5.96. The number of anilines is 1. The first-order valence-corrected chi connectivity index (χ1v) is 9.18. The summed E-state index contributed by atoms with van der Waals surface area (Å²) in [5, 5.41) is 0. The molecule has 1 atom stereocenters. The van der Waals surface area contributed by atoms with E-state index in [1.807, 2.05) is 18.2 Å². The molecule has 0 unspecified atom stereocenters. The molecule has 134 valence electrons. The lowest BCUT2D eigenvalue weighted by Gasteiger charge is -2.17. The number of fused-ring (bicyclic) bond motifs is 1. The van der Waals surface area contributed by atoms with Crippen LogP contribution in [-0.2, 0) is 11.3 Å². The van der Waals surface area contributed by atoms with Gasteiger partial charge >= 0.3 is 0 Å². The molecule has 0 N–H and O–H groups in total. The highest BCUT2D eigenvalue weighted by atomic mass is 19.1. The Hall–Kier alpha value is -2.69. The summed E-state index contributed by atoms with van der Waals surface area (Å²) in [5.74, 6) is 0.809. The van der Waals surface area contributed by atoms with Gasteiger partial charge in [0, 0.05) is 31.1 Å². The van der Waals surface area contributed by atoms with E-state index in [9.17, 15) is 9.18 Å². The number of aryl methyl sites for hydroxylation is 1. The van der Waals surface area contributed by atoms with Crippen LogP contribution in [0.2, 0.25) is 0 Å². The van der Waals surface area contributed by atoms with Gasteiger partial charge in [-0.3, -0.25) is 4.79 Å². The second-order valence-corrected chi connectivity index (χ2v) is 6.85. The Morgan fingerprint density at radius 2 is 1.92 bits per heavy atom. The van der Waals surface area contributed by atoms with Crippen LogP contribution in [0.3, 0.4) is 0 Å². The van der Waals surface area contributed by atoms with E-state index in [4.69, 9.17) is 4.98 Å². The Bertz CT molecular complexity index is 932. The molecule has 2 heterocycles. The molecule has 0 spiro atoms. The van der Waals surface area contributed by atoms with Crippen LogP contribution in [0.1, 0.15) is 37.9 Å². The van der Waals surface area contributed by atoms with E-state index >= 15 is 0 Å². The summed E-state index contributed by atoms with van der Waals surface area (Å²) in [6.45, 7) is 3.67. The maximum atomic E-state index is 13.2. The highest BCUT2D eigenvalue weighted by Gasteiger charge is 2.34. The number of unbranched alkanes of at least 4 members (excludes halogenated alkanes) is 1. The zero-order valence-electron chi connectivity index (χ0n) is 14.9. The van der Waals surface area contributed by atoms with Crippen molar-refractivity contribution in [2.45, 2.75) is 38.6 Å². The third kappa shape index (κ3) is 2.98. The molecule has 1 aliphatic heterocycles. The molecule has 1 saturated heterocycles. The zero-order chi connectivity index (χ0) is 18.1. The van der Waals surface area contributed by atoms with E-state index < -0.39 is 0 Å². The van der Waals surface area contributed by atoms with Crippen molar-refractivity contribution in [1.29, 1.82) is 0 Å². The number of nitrogens with zero attached hydrogens (tertiary/aromatic N) is 3. The van der Waals surface area contributed by atoms with Crippen molar-refractivity contribution in [3.8, 4) is 0 Å². The Kier molecular flexibility index (Phi) is 4.45. The van der Waals surface area contributed by atoms with Crippen molar-refractivity contribution >= 4 is 22.6 Å². The van der Waals surface area contributed by atoms with Gasteiger partial charge in [-0.15, -0.1) is 0 Å². The molecule has 0 aliphatic carbocycles. The van der Waals surface area contributed by atoms with Gasteiger partial charge < -0.3 is 9.47 Å². The average Bonchev–Trinajstić information content (AvgIpc) is 3.21. The summed E-state index contributed by atoms with van der Waals surface area (Å²) in [6, 6.07) is 14.3. The molecule has 1 fully saturated rings. The lowest BCUT2D eigenvalue weighted by molar-refractivity contribution is -0.117. The first kappa shape index (κ1) is 16.8. The first-order chi connectivity index (χ1) is 12.7. The Morgan fingerprint density at radius 1 is 1.15 bits per heavy atom. The molecule has 4 rings (SSSR count). The third-order valence-electron chi connectivity index (χ3n) is 5.05. The molecule has 0 bridgehead atoms. The van der Waals surface area contributed by atoms with E-state index in [1.54, 1.807) is 17.0 Å². The van der Waals surface area contributed by atoms with E-state index in [-0.39, 0.29) is 17.6 Å². The number of amides is 1. The number of hydrogen-bond acceptors (Lipinski definition) is 2. The van der Waals surface area contributed by atoms with Gasteiger partial charge in [-0.05, 0) is 42.8 Å². The van der Waals surface area contributed by atoms with Crippen LogP contribution < -0.4 is 4.90 Å². The SMILES string of the molecule is CCCCn1c([C@H]2CC(=O)N(c3ccc(F)cc3)C2)nc2ccccc21. The summed E-state index contributed by atoms with van der Waals surface area (Å²) >= 11 is 0. The highest BCUT2D eigenvalue weighted by Crippen LogP contribution is 2.33. The van der Waals surface area contributed by atoms with Gasteiger partial charge in [-0.1, -0.05) is 25.5 Å². The summed E-state index contributed by atoms with van der Waals surface area (Å²) in [5.41, 5.74) is 2.85. The van der Waals surface area contributed by atoms with Crippen LogP contribution in [0.25, 0.3) is 11.0 Å². The number of carbonyl (C=O) groups is 1. The largest absolute Gasteiger partial charge is 0.328 e. The second-order valence-electron chi connectivity index (χ2n) is 6.85. The number of aromatic nitrogens is 2. The quantitative estimate of drug-likeness (QED) is 0.679. The van der Waals surface area contributed by atoms with Crippen molar-refractivity contribution in [2.75, 3.05) is 11.4 Å². The molecule has 1 aliphatic rings. The van der Waals surface area contributed by atoms with Crippen LogP contribution in [0.15, 0.2) is 48.5 Å². The van der Waals surface area contributed by atoms with Gasteiger partial charge in [0.25, 0.3) is 0 Å². The average molecular weight is 351 g/mol. The minimum Gasteiger partial charge on any atom is -0.328 e. The minimum atomic E-state index is -0.293. The Morgan fingerprint density at radius 3 is 2.69 bits per heavy atom. The number of imidazole rings is 1. The number of carbonyl (C=O) groups excluding carboxylic acids is 1. The molecule has 2 aromatic carbocycles. The predicted octanol–water partition coefficient (Wildman–Crippen LogP) is 4.50. The van der Waals surface area contributed by atoms with E-state index in [0.717, 1.165) is 41.9 Å². The molecule has 3 aromatic rings. The van der Waals surface area contributed by atoms with Crippen molar-refractivity contribution in [1.82, 2.24) is 9.55 Å². The normalized spacial score (nSPS) is 17.4. The minimum absolute atomic E-state index is 0.0526. The topological polar surface area (TPSA) is 38.1 Å². The van der Waals surface area contributed by atoms with Crippen molar-refractivity contribution in [3.63, 3.8) is 0 Å². The smallest absolute Gasteiger partial charge is 0.227 e. The Balaban J connectivity index is 1.67. The zero-order valence-corrected chi connectivity index (χ0v) is 14.9. The summed E-state index contributed by atoms with van der Waals surface area (Å²) in [6.07, 6.45) is 2.62. The molecule has 5 heteroatoms. The van der Waals surface area contributed by atoms with Gasteiger partial charge in [-0.2, -0.15) is 0 Å². The lowest BCUT2D eigenvalue weighted by Crippen LogP contribution is -2.24. The molecular formula is C21H22FN3O. The number of halogens is 1. The second kappa shape index (κ2) is 6.90. The van der Waals surface area contributed by atoms with E-state index in [0.29, 0.717) is 13.0 Å². The summed E-state index contributed by atoms with van der Waals surface area (Å²) in [4.78, 5) is 19.2. The van der Waals surface area contributed by atoms with Gasteiger partial charge in [0.2, 0.25) is 5.91 Å².